The Morgan fingerprint density at radius 3 is 2.44 bits per heavy atom. The standard InChI is InChI=1S/C13H11F2NO2/c1-8-2-3-12(18-8)13(17)16-7-9-4-10(14)6-11(15)5-9/h2-6H,7H2,1H3,(H,16,17). The summed E-state index contributed by atoms with van der Waals surface area (Å²) < 4.78 is 30.9. The van der Waals surface area contributed by atoms with Crippen LogP contribution in [0.1, 0.15) is 21.9 Å². The lowest BCUT2D eigenvalue weighted by atomic mass is 10.2. The SMILES string of the molecule is Cc1ccc(C(=O)NCc2cc(F)cc(F)c2)o1. The number of hydrogen-bond acceptors (Lipinski definition) is 2. The van der Waals surface area contributed by atoms with Crippen LogP contribution < -0.4 is 5.32 Å². The second-order valence-corrected chi connectivity index (χ2v) is 3.87. The van der Waals surface area contributed by atoms with Crippen molar-refractivity contribution in [1.82, 2.24) is 5.32 Å². The van der Waals surface area contributed by atoms with E-state index in [1.807, 2.05) is 0 Å². The van der Waals surface area contributed by atoms with Gasteiger partial charge in [-0.25, -0.2) is 8.78 Å². The van der Waals surface area contributed by atoms with E-state index < -0.39 is 17.5 Å². The van der Waals surface area contributed by atoms with E-state index in [4.69, 9.17) is 4.42 Å². The molecule has 2 aromatic rings. The largest absolute Gasteiger partial charge is 0.456 e. The van der Waals surface area contributed by atoms with Gasteiger partial charge >= 0.3 is 0 Å². The van der Waals surface area contributed by atoms with E-state index in [1.165, 1.54) is 6.07 Å². The average Bonchev–Trinajstić information content (AvgIpc) is 2.71. The molecule has 0 fully saturated rings. The Balaban J connectivity index is 2.01. The molecule has 0 saturated carbocycles. The number of carbonyl (C=O) groups is 1. The quantitative estimate of drug-likeness (QED) is 0.911. The molecule has 2 rings (SSSR count). The van der Waals surface area contributed by atoms with Crippen LogP contribution in [0.3, 0.4) is 0 Å². The van der Waals surface area contributed by atoms with Gasteiger partial charge in [0, 0.05) is 12.6 Å². The minimum absolute atomic E-state index is 0.0350. The molecule has 94 valence electrons. The lowest BCUT2D eigenvalue weighted by Crippen LogP contribution is -2.22. The fourth-order valence-electron chi connectivity index (χ4n) is 1.54. The normalized spacial score (nSPS) is 10.4. The zero-order valence-electron chi connectivity index (χ0n) is 9.67. The first-order valence-corrected chi connectivity index (χ1v) is 5.34. The maximum absolute atomic E-state index is 12.9. The third-order valence-electron chi connectivity index (χ3n) is 2.34. The first kappa shape index (κ1) is 12.3. The van der Waals surface area contributed by atoms with E-state index in [-0.39, 0.29) is 12.3 Å². The van der Waals surface area contributed by atoms with Gasteiger partial charge in [0.1, 0.15) is 17.4 Å². The van der Waals surface area contributed by atoms with E-state index >= 15 is 0 Å². The van der Waals surface area contributed by atoms with E-state index in [1.54, 1.807) is 13.0 Å². The fraction of sp³-hybridized carbons (Fsp3) is 0.154. The average molecular weight is 251 g/mol. The molecule has 5 heteroatoms. The predicted molar refractivity (Wildman–Crippen MR) is 61.0 cm³/mol. The minimum atomic E-state index is -0.673. The minimum Gasteiger partial charge on any atom is -0.456 e. The number of amides is 1. The lowest BCUT2D eigenvalue weighted by molar-refractivity contribution is 0.0921. The maximum Gasteiger partial charge on any atom is 0.287 e. The number of furan rings is 1. The summed E-state index contributed by atoms with van der Waals surface area (Å²) in [5.74, 6) is -0.977. The molecule has 1 N–H and O–H groups in total. The van der Waals surface area contributed by atoms with Gasteiger partial charge in [0.2, 0.25) is 0 Å². The van der Waals surface area contributed by atoms with Gasteiger partial charge in [-0.3, -0.25) is 4.79 Å². The van der Waals surface area contributed by atoms with Gasteiger partial charge in [-0.2, -0.15) is 0 Å². The molecule has 3 nitrogen and oxygen atoms in total. The molecular formula is C13H11F2NO2. The highest BCUT2D eigenvalue weighted by atomic mass is 19.1. The van der Waals surface area contributed by atoms with Crippen molar-refractivity contribution in [2.45, 2.75) is 13.5 Å². The van der Waals surface area contributed by atoms with Gasteiger partial charge in [0.15, 0.2) is 5.76 Å². The molecule has 1 heterocycles. The number of carbonyl (C=O) groups excluding carboxylic acids is 1. The van der Waals surface area contributed by atoms with Crippen LogP contribution in [0.5, 0.6) is 0 Å². The second-order valence-electron chi connectivity index (χ2n) is 3.87. The molecule has 0 unspecified atom stereocenters. The molecule has 18 heavy (non-hydrogen) atoms. The molecular weight excluding hydrogens is 240 g/mol. The first-order chi connectivity index (χ1) is 8.54. The van der Waals surface area contributed by atoms with E-state index in [0.717, 1.165) is 18.2 Å². The van der Waals surface area contributed by atoms with E-state index in [9.17, 15) is 13.6 Å². The van der Waals surface area contributed by atoms with Crippen LogP contribution in [0.25, 0.3) is 0 Å². The van der Waals surface area contributed by atoms with Crippen LogP contribution in [-0.4, -0.2) is 5.91 Å². The fourth-order valence-corrected chi connectivity index (χ4v) is 1.54. The molecule has 0 aliphatic carbocycles. The van der Waals surface area contributed by atoms with Crippen molar-refractivity contribution in [3.8, 4) is 0 Å². The van der Waals surface area contributed by atoms with Gasteiger partial charge in [-0.1, -0.05) is 0 Å². The molecule has 0 spiro atoms. The molecule has 1 aromatic heterocycles. The molecule has 0 aliphatic rings. The van der Waals surface area contributed by atoms with Crippen LogP contribution in [0.4, 0.5) is 8.78 Å². The highest BCUT2D eigenvalue weighted by Crippen LogP contribution is 2.09. The Bertz CT molecular complexity index is 558. The summed E-state index contributed by atoms with van der Waals surface area (Å²) in [4.78, 5) is 11.6. The van der Waals surface area contributed by atoms with Crippen molar-refractivity contribution < 1.29 is 18.0 Å². The van der Waals surface area contributed by atoms with Gasteiger partial charge in [-0.15, -0.1) is 0 Å². The first-order valence-electron chi connectivity index (χ1n) is 5.34. The second kappa shape index (κ2) is 5.00. The zero-order valence-corrected chi connectivity index (χ0v) is 9.67. The molecule has 0 aliphatic heterocycles. The maximum atomic E-state index is 12.9. The smallest absolute Gasteiger partial charge is 0.287 e. The molecule has 0 bridgehead atoms. The van der Waals surface area contributed by atoms with Gasteiger partial charge in [0.25, 0.3) is 5.91 Å². The van der Waals surface area contributed by atoms with E-state index in [2.05, 4.69) is 5.32 Å². The molecule has 0 saturated heterocycles. The highest BCUT2D eigenvalue weighted by Gasteiger charge is 2.09. The van der Waals surface area contributed by atoms with Crippen molar-refractivity contribution in [2.24, 2.45) is 0 Å². The monoisotopic (exact) mass is 251 g/mol. The third kappa shape index (κ3) is 2.94. The summed E-state index contributed by atoms with van der Waals surface area (Å²) in [6.07, 6.45) is 0. The van der Waals surface area contributed by atoms with Crippen molar-refractivity contribution in [3.05, 3.63) is 59.1 Å². The molecule has 0 radical (unpaired) electrons. The number of benzene rings is 1. The van der Waals surface area contributed by atoms with Crippen molar-refractivity contribution in [3.63, 3.8) is 0 Å². The Hall–Kier alpha value is -2.17. The van der Waals surface area contributed by atoms with Crippen molar-refractivity contribution in [1.29, 1.82) is 0 Å². The number of rotatable bonds is 3. The highest BCUT2D eigenvalue weighted by molar-refractivity contribution is 5.91. The summed E-state index contributed by atoms with van der Waals surface area (Å²) in [6, 6.07) is 6.31. The Morgan fingerprint density at radius 1 is 1.22 bits per heavy atom. The van der Waals surface area contributed by atoms with Crippen LogP contribution in [-0.2, 0) is 6.54 Å². The van der Waals surface area contributed by atoms with Gasteiger partial charge in [-0.05, 0) is 36.8 Å². The van der Waals surface area contributed by atoms with Crippen LogP contribution >= 0.6 is 0 Å². The summed E-state index contributed by atoms with van der Waals surface area (Å²) in [5, 5.41) is 2.52. The summed E-state index contributed by atoms with van der Waals surface area (Å²) in [6.45, 7) is 1.76. The van der Waals surface area contributed by atoms with Gasteiger partial charge < -0.3 is 9.73 Å². The summed E-state index contributed by atoms with van der Waals surface area (Å²) >= 11 is 0. The van der Waals surface area contributed by atoms with Crippen LogP contribution in [0.2, 0.25) is 0 Å². The molecule has 0 atom stereocenters. The number of hydrogen-bond donors (Lipinski definition) is 1. The number of nitrogens with one attached hydrogen (secondary N) is 1. The van der Waals surface area contributed by atoms with Crippen LogP contribution in [0, 0.1) is 18.6 Å². The molecule has 1 amide bonds. The number of halogens is 2. The molecule has 1 aromatic carbocycles. The Kier molecular flexibility index (Phi) is 3.41. The predicted octanol–water partition coefficient (Wildman–Crippen LogP) is 2.80. The third-order valence-corrected chi connectivity index (χ3v) is 2.34. The van der Waals surface area contributed by atoms with Gasteiger partial charge in [0.05, 0.1) is 0 Å². The summed E-state index contributed by atoms with van der Waals surface area (Å²) in [5.41, 5.74) is 0.351. The Morgan fingerprint density at radius 2 is 1.89 bits per heavy atom. The number of aryl methyl sites for hydroxylation is 1. The van der Waals surface area contributed by atoms with Crippen molar-refractivity contribution >= 4 is 5.91 Å². The zero-order chi connectivity index (χ0) is 13.1. The van der Waals surface area contributed by atoms with Crippen molar-refractivity contribution in [2.75, 3.05) is 0 Å². The van der Waals surface area contributed by atoms with E-state index in [0.29, 0.717) is 11.3 Å². The Labute approximate surface area is 102 Å². The topological polar surface area (TPSA) is 42.2 Å². The lowest BCUT2D eigenvalue weighted by Gasteiger charge is -2.04. The summed E-state index contributed by atoms with van der Waals surface area (Å²) in [7, 11) is 0. The van der Waals surface area contributed by atoms with Crippen LogP contribution in [0.15, 0.2) is 34.7 Å².